The molecule has 0 aliphatic carbocycles. The number of ether oxygens (including phenoxy) is 1. The second kappa shape index (κ2) is 14.4. The third-order valence-corrected chi connectivity index (χ3v) is 7.44. The summed E-state index contributed by atoms with van der Waals surface area (Å²) in [6.45, 7) is 6.89. The first-order valence-corrected chi connectivity index (χ1v) is 14.4. The number of benzene rings is 2. The van der Waals surface area contributed by atoms with E-state index in [1.165, 1.54) is 12.1 Å². The van der Waals surface area contributed by atoms with Crippen molar-refractivity contribution >= 4 is 63.7 Å². The highest BCUT2D eigenvalue weighted by Crippen LogP contribution is 2.27. The zero-order valence-electron chi connectivity index (χ0n) is 23.2. The van der Waals surface area contributed by atoms with Gasteiger partial charge in [0.15, 0.2) is 11.6 Å². The molecular weight excluding hydrogens is 691 g/mol. The zero-order valence-corrected chi connectivity index (χ0v) is 26.1. The normalized spacial score (nSPS) is 14.3. The Morgan fingerprint density at radius 1 is 1.17 bits per heavy atom. The molecule has 228 valence electrons. The van der Waals surface area contributed by atoms with Crippen molar-refractivity contribution in [2.45, 2.75) is 45.8 Å². The molecule has 15 heteroatoms. The summed E-state index contributed by atoms with van der Waals surface area (Å²) >= 11 is 7.49. The number of carbonyl (C=O) groups is 3. The van der Waals surface area contributed by atoms with Crippen molar-refractivity contribution in [3.8, 4) is 0 Å². The van der Waals surface area contributed by atoms with Crippen LogP contribution in [0.4, 0.5) is 25.0 Å². The Labute approximate surface area is 260 Å². The SMILES string of the molecule is CC(C)(C)OC(=O)Nc1cc(F)c(F)cc1C(=O)N(I)CC(=O)NCC1CCN(Cc2ccc(Cl)c([N+](=O)[O-])c2)CC1. The Kier molecular flexibility index (Phi) is 11.4. The average molecular weight is 722 g/mol. The number of nitro benzene ring substituents is 1. The van der Waals surface area contributed by atoms with Gasteiger partial charge in [0.2, 0.25) is 5.91 Å². The number of nitrogens with zero attached hydrogens (tertiary/aromatic N) is 3. The molecule has 1 fully saturated rings. The molecule has 0 spiro atoms. The third-order valence-electron chi connectivity index (χ3n) is 6.34. The number of nitrogens with one attached hydrogen (secondary N) is 2. The van der Waals surface area contributed by atoms with E-state index in [-0.39, 0.29) is 34.4 Å². The van der Waals surface area contributed by atoms with E-state index in [0.29, 0.717) is 25.2 Å². The van der Waals surface area contributed by atoms with E-state index in [0.717, 1.165) is 34.6 Å². The summed E-state index contributed by atoms with van der Waals surface area (Å²) in [7, 11) is 0. The molecule has 1 aliphatic rings. The van der Waals surface area contributed by atoms with Gasteiger partial charge in [0.05, 0.1) is 39.0 Å². The summed E-state index contributed by atoms with van der Waals surface area (Å²) in [4.78, 5) is 50.6. The van der Waals surface area contributed by atoms with Gasteiger partial charge in [0, 0.05) is 25.2 Å². The van der Waals surface area contributed by atoms with E-state index in [1.807, 2.05) is 0 Å². The summed E-state index contributed by atoms with van der Waals surface area (Å²) in [6, 6.07) is 6.09. The van der Waals surface area contributed by atoms with E-state index in [1.54, 1.807) is 49.7 Å². The number of hydrogen-bond donors (Lipinski definition) is 2. The van der Waals surface area contributed by atoms with Gasteiger partial charge < -0.3 is 10.1 Å². The number of carbonyl (C=O) groups excluding carboxylic acids is 3. The van der Waals surface area contributed by atoms with E-state index < -0.39 is 40.1 Å². The average Bonchev–Trinajstić information content (AvgIpc) is 2.89. The maximum atomic E-state index is 14.0. The number of likely N-dealkylation sites (tertiary alicyclic amines) is 1. The molecule has 0 saturated carbocycles. The molecule has 1 heterocycles. The van der Waals surface area contributed by atoms with E-state index in [2.05, 4.69) is 15.5 Å². The number of hydrogen-bond acceptors (Lipinski definition) is 7. The van der Waals surface area contributed by atoms with Crippen LogP contribution >= 0.6 is 34.5 Å². The fourth-order valence-electron chi connectivity index (χ4n) is 4.29. The van der Waals surface area contributed by atoms with Gasteiger partial charge in [0.1, 0.15) is 17.2 Å². The molecule has 2 aromatic rings. The quantitative estimate of drug-likeness (QED) is 0.147. The Morgan fingerprint density at radius 3 is 2.43 bits per heavy atom. The van der Waals surface area contributed by atoms with Crippen molar-refractivity contribution in [1.82, 2.24) is 13.3 Å². The molecule has 0 atom stereocenters. The van der Waals surface area contributed by atoms with E-state index in [9.17, 15) is 33.3 Å². The molecule has 3 amide bonds. The predicted molar refractivity (Wildman–Crippen MR) is 160 cm³/mol. The van der Waals surface area contributed by atoms with Crippen molar-refractivity contribution in [3.63, 3.8) is 0 Å². The molecule has 0 radical (unpaired) electrons. The fraction of sp³-hybridized carbons (Fsp3) is 0.444. The number of amides is 3. The summed E-state index contributed by atoms with van der Waals surface area (Å²) in [5.74, 6) is -3.62. The van der Waals surface area contributed by atoms with Gasteiger partial charge in [-0.3, -0.25) is 33.0 Å². The maximum absolute atomic E-state index is 14.0. The van der Waals surface area contributed by atoms with Crippen LogP contribution in [0.25, 0.3) is 0 Å². The van der Waals surface area contributed by atoms with Crippen LogP contribution in [0, 0.1) is 27.7 Å². The minimum atomic E-state index is -1.29. The minimum absolute atomic E-state index is 0.0905. The van der Waals surface area contributed by atoms with Crippen LogP contribution in [-0.2, 0) is 16.1 Å². The predicted octanol–water partition coefficient (Wildman–Crippen LogP) is 5.69. The smallest absolute Gasteiger partial charge is 0.412 e. The molecule has 0 bridgehead atoms. The number of rotatable bonds is 9. The van der Waals surface area contributed by atoms with Crippen LogP contribution in [-0.4, -0.2) is 62.6 Å². The molecule has 2 aromatic carbocycles. The summed E-state index contributed by atoms with van der Waals surface area (Å²) in [6.07, 6.45) is 0.621. The standard InChI is InChI=1S/C27H31ClF2IN5O6/c1-27(2,3)42-26(39)33-22-12-21(30)20(29)11-18(22)25(38)35(31)15-24(37)32-13-16-6-8-34(9-7-16)14-17-4-5-19(28)23(10-17)36(40)41/h4-5,10-12,16H,6-9,13-15H2,1-3H3,(H,32,37)(H,33,39). The topological polar surface area (TPSA) is 134 Å². The third kappa shape index (κ3) is 9.73. The lowest BCUT2D eigenvalue weighted by Gasteiger charge is -2.32. The zero-order chi connectivity index (χ0) is 31.2. The molecule has 0 aromatic heterocycles. The summed E-state index contributed by atoms with van der Waals surface area (Å²) in [5.41, 5.74) is -0.850. The van der Waals surface area contributed by atoms with Crippen LogP contribution in [0.2, 0.25) is 5.02 Å². The van der Waals surface area contributed by atoms with Gasteiger partial charge in [0.25, 0.3) is 11.6 Å². The molecule has 2 N–H and O–H groups in total. The van der Waals surface area contributed by atoms with Crippen LogP contribution in [0.5, 0.6) is 0 Å². The van der Waals surface area contributed by atoms with Crippen LogP contribution < -0.4 is 10.6 Å². The molecular formula is C27H31ClF2IN5O6. The number of piperidine rings is 1. The van der Waals surface area contributed by atoms with Gasteiger partial charge in [-0.25, -0.2) is 13.6 Å². The Balaban J connectivity index is 1.50. The Morgan fingerprint density at radius 2 is 1.81 bits per heavy atom. The second-order valence-electron chi connectivity index (χ2n) is 10.8. The lowest BCUT2D eigenvalue weighted by molar-refractivity contribution is -0.384. The van der Waals surface area contributed by atoms with Crippen molar-refractivity contribution < 1.29 is 32.8 Å². The van der Waals surface area contributed by atoms with Crippen molar-refractivity contribution in [2.24, 2.45) is 5.92 Å². The number of anilines is 1. The molecule has 11 nitrogen and oxygen atoms in total. The van der Waals surface area contributed by atoms with E-state index in [4.69, 9.17) is 16.3 Å². The molecule has 1 aliphatic heterocycles. The fourth-order valence-corrected chi connectivity index (χ4v) is 5.04. The first-order chi connectivity index (χ1) is 19.6. The van der Waals surface area contributed by atoms with Crippen molar-refractivity contribution in [3.05, 3.63) is 68.2 Å². The van der Waals surface area contributed by atoms with E-state index >= 15 is 0 Å². The molecule has 3 rings (SSSR count). The maximum Gasteiger partial charge on any atom is 0.412 e. The van der Waals surface area contributed by atoms with Crippen LogP contribution in [0.3, 0.4) is 0 Å². The molecule has 0 unspecified atom stereocenters. The molecule has 1 saturated heterocycles. The molecule has 42 heavy (non-hydrogen) atoms. The monoisotopic (exact) mass is 721 g/mol. The first-order valence-electron chi connectivity index (χ1n) is 13.0. The minimum Gasteiger partial charge on any atom is -0.444 e. The van der Waals surface area contributed by atoms with Gasteiger partial charge in [-0.05, 0) is 70.3 Å². The highest BCUT2D eigenvalue weighted by Gasteiger charge is 2.26. The van der Waals surface area contributed by atoms with Gasteiger partial charge in [-0.2, -0.15) is 0 Å². The summed E-state index contributed by atoms with van der Waals surface area (Å²) in [5, 5.41) is 16.3. The Hall–Kier alpha value is -3.11. The largest absolute Gasteiger partial charge is 0.444 e. The van der Waals surface area contributed by atoms with Crippen LogP contribution in [0.15, 0.2) is 30.3 Å². The van der Waals surface area contributed by atoms with Crippen molar-refractivity contribution in [1.29, 1.82) is 0 Å². The summed E-state index contributed by atoms with van der Waals surface area (Å²) < 4.78 is 34.0. The van der Waals surface area contributed by atoms with Crippen LogP contribution in [0.1, 0.15) is 49.5 Å². The van der Waals surface area contributed by atoms with Gasteiger partial charge in [-0.1, -0.05) is 17.7 Å². The first kappa shape index (κ1) is 33.4. The lowest BCUT2D eigenvalue weighted by Crippen LogP contribution is -2.41. The lowest BCUT2D eigenvalue weighted by atomic mass is 9.96. The Bertz CT molecular complexity index is 1350. The second-order valence-corrected chi connectivity index (χ2v) is 12.4. The number of nitro groups is 1. The van der Waals surface area contributed by atoms with Gasteiger partial charge >= 0.3 is 6.09 Å². The highest BCUT2D eigenvalue weighted by molar-refractivity contribution is 14.1. The number of halogens is 4. The highest BCUT2D eigenvalue weighted by atomic mass is 127. The van der Waals surface area contributed by atoms with Gasteiger partial charge in [-0.15, -0.1) is 0 Å². The van der Waals surface area contributed by atoms with Crippen molar-refractivity contribution in [2.75, 3.05) is 31.5 Å².